The Hall–Kier alpha value is -2.42. The number of thiophene rings is 1. The van der Waals surface area contributed by atoms with E-state index in [9.17, 15) is 9.59 Å². The van der Waals surface area contributed by atoms with E-state index in [1.165, 1.54) is 11.3 Å². The lowest BCUT2D eigenvalue weighted by Gasteiger charge is -2.24. The summed E-state index contributed by atoms with van der Waals surface area (Å²) < 4.78 is 19.2. The van der Waals surface area contributed by atoms with Crippen LogP contribution < -0.4 is 10.3 Å². The van der Waals surface area contributed by atoms with Crippen LogP contribution in [0.1, 0.15) is 29.4 Å². The topological polar surface area (TPSA) is 70.0 Å². The summed E-state index contributed by atoms with van der Waals surface area (Å²) in [5.41, 5.74) is 0.671. The van der Waals surface area contributed by atoms with Gasteiger partial charge in [0.25, 0.3) is 11.5 Å². The van der Waals surface area contributed by atoms with Crippen LogP contribution in [-0.4, -0.2) is 61.5 Å². The highest BCUT2D eigenvalue weighted by Gasteiger charge is 2.34. The van der Waals surface area contributed by atoms with Crippen LogP contribution in [0.2, 0.25) is 0 Å². The molecule has 31 heavy (non-hydrogen) atoms. The Kier molecular flexibility index (Phi) is 6.60. The Labute approximate surface area is 185 Å². The number of carbonyl (C=O) groups excluding carboxylic acids is 1. The van der Waals surface area contributed by atoms with Gasteiger partial charge in [0.05, 0.1) is 29.5 Å². The molecule has 0 N–H and O–H groups in total. The summed E-state index contributed by atoms with van der Waals surface area (Å²) in [6.45, 7) is 4.35. The second kappa shape index (κ2) is 9.38. The van der Waals surface area contributed by atoms with Crippen molar-refractivity contribution in [3.8, 4) is 5.75 Å². The highest BCUT2D eigenvalue weighted by molar-refractivity contribution is 7.22. The molecule has 0 radical (unpaired) electrons. The first-order valence-corrected chi connectivity index (χ1v) is 11.4. The number of aromatic nitrogens is 1. The summed E-state index contributed by atoms with van der Waals surface area (Å²) in [5, 5.41) is 1.40. The van der Waals surface area contributed by atoms with Crippen molar-refractivity contribution in [2.24, 2.45) is 7.05 Å². The predicted molar refractivity (Wildman–Crippen MR) is 122 cm³/mol. The number of carbonyl (C=O) groups is 1. The zero-order chi connectivity index (χ0) is 22.0. The summed E-state index contributed by atoms with van der Waals surface area (Å²) in [6, 6.07) is 7.79. The molecule has 7 nitrogen and oxygen atoms in total. The van der Waals surface area contributed by atoms with Crippen molar-refractivity contribution in [3.05, 3.63) is 39.5 Å². The first-order valence-electron chi connectivity index (χ1n) is 10.6. The normalized spacial score (nSPS) is 16.5. The zero-order valence-corrected chi connectivity index (χ0v) is 19.0. The van der Waals surface area contributed by atoms with E-state index in [0.29, 0.717) is 42.4 Å². The smallest absolute Gasteiger partial charge is 0.268 e. The standard InChI is InChI=1S/C23H28N2O5S/c1-4-29-12-13-30-19-18-20(16-9-5-6-10-17(16)24(2)22(18)26)31-21(19)23(27)25-11-7-8-15(25)14-28-3/h5-6,9-10,15H,4,7-8,11-14H2,1-3H3/t15-/m1/s1. The Bertz CT molecular complexity index is 1150. The van der Waals surface area contributed by atoms with Crippen LogP contribution in [0.25, 0.3) is 21.0 Å². The maximum atomic E-state index is 13.6. The zero-order valence-electron chi connectivity index (χ0n) is 18.2. The quantitative estimate of drug-likeness (QED) is 0.498. The molecule has 3 heterocycles. The Morgan fingerprint density at radius 1 is 1.26 bits per heavy atom. The van der Waals surface area contributed by atoms with Gasteiger partial charge in [-0.15, -0.1) is 11.3 Å². The Balaban J connectivity index is 1.87. The number of hydrogen-bond acceptors (Lipinski definition) is 6. The highest BCUT2D eigenvalue weighted by atomic mass is 32.1. The molecule has 4 rings (SSSR count). The second-order valence-corrected chi connectivity index (χ2v) is 8.66. The summed E-state index contributed by atoms with van der Waals surface area (Å²) in [7, 11) is 3.40. The van der Waals surface area contributed by atoms with Crippen molar-refractivity contribution in [2.45, 2.75) is 25.8 Å². The van der Waals surface area contributed by atoms with Crippen LogP contribution in [-0.2, 0) is 16.5 Å². The van der Waals surface area contributed by atoms with Gasteiger partial charge in [-0.2, -0.15) is 0 Å². The van der Waals surface area contributed by atoms with Crippen molar-refractivity contribution in [1.82, 2.24) is 9.47 Å². The molecule has 0 aliphatic carbocycles. The van der Waals surface area contributed by atoms with E-state index in [4.69, 9.17) is 14.2 Å². The number of hydrogen-bond donors (Lipinski definition) is 0. The Morgan fingerprint density at radius 2 is 2.06 bits per heavy atom. The van der Waals surface area contributed by atoms with Crippen molar-refractivity contribution >= 4 is 38.2 Å². The van der Waals surface area contributed by atoms with E-state index in [-0.39, 0.29) is 24.1 Å². The molecular weight excluding hydrogens is 416 g/mol. The monoisotopic (exact) mass is 444 g/mol. The molecule has 1 aromatic carbocycles. The third-order valence-electron chi connectivity index (χ3n) is 5.76. The van der Waals surface area contributed by atoms with E-state index >= 15 is 0 Å². The fraction of sp³-hybridized carbons (Fsp3) is 0.478. The van der Waals surface area contributed by atoms with Crippen molar-refractivity contribution in [2.75, 3.05) is 40.1 Å². The number of pyridine rings is 1. The van der Waals surface area contributed by atoms with E-state index < -0.39 is 0 Å². The molecule has 1 aliphatic heterocycles. The van der Waals surface area contributed by atoms with Gasteiger partial charge < -0.3 is 23.7 Å². The molecule has 1 aliphatic rings. The van der Waals surface area contributed by atoms with Gasteiger partial charge in [0.1, 0.15) is 16.9 Å². The summed E-state index contributed by atoms with van der Waals surface area (Å²) in [5.74, 6) is 0.275. The average Bonchev–Trinajstić information content (AvgIpc) is 3.40. The summed E-state index contributed by atoms with van der Waals surface area (Å²) in [4.78, 5) is 29.2. The molecule has 0 spiro atoms. The minimum absolute atomic E-state index is 0.0403. The van der Waals surface area contributed by atoms with Gasteiger partial charge in [-0.25, -0.2) is 0 Å². The Morgan fingerprint density at radius 3 is 2.84 bits per heavy atom. The molecule has 0 saturated carbocycles. The number of fused-ring (bicyclic) bond motifs is 3. The van der Waals surface area contributed by atoms with Gasteiger partial charge in [0.2, 0.25) is 0 Å². The van der Waals surface area contributed by atoms with Gasteiger partial charge >= 0.3 is 0 Å². The fourth-order valence-electron chi connectivity index (χ4n) is 4.26. The number of para-hydroxylation sites is 1. The number of amides is 1. The maximum absolute atomic E-state index is 13.6. The third kappa shape index (κ3) is 3.95. The predicted octanol–water partition coefficient (Wildman–Crippen LogP) is 3.42. The van der Waals surface area contributed by atoms with Gasteiger partial charge in [0, 0.05) is 32.7 Å². The van der Waals surface area contributed by atoms with Gasteiger partial charge in [-0.1, -0.05) is 18.2 Å². The first kappa shape index (κ1) is 21.8. The van der Waals surface area contributed by atoms with Gasteiger partial charge in [0.15, 0.2) is 5.75 Å². The van der Waals surface area contributed by atoms with Gasteiger partial charge in [-0.05, 0) is 25.8 Å². The molecular formula is C23H28N2O5S. The number of rotatable bonds is 8. The molecule has 8 heteroatoms. The van der Waals surface area contributed by atoms with E-state index in [1.54, 1.807) is 18.7 Å². The lowest BCUT2D eigenvalue weighted by molar-refractivity contribution is 0.0628. The fourth-order valence-corrected chi connectivity index (χ4v) is 5.49. The number of aryl methyl sites for hydroxylation is 1. The largest absolute Gasteiger partial charge is 0.489 e. The molecule has 1 saturated heterocycles. The van der Waals surface area contributed by atoms with Crippen LogP contribution in [0.3, 0.4) is 0 Å². The molecule has 1 atom stereocenters. The third-order valence-corrected chi connectivity index (χ3v) is 6.95. The van der Waals surface area contributed by atoms with Crippen molar-refractivity contribution in [3.63, 3.8) is 0 Å². The molecule has 0 bridgehead atoms. The average molecular weight is 445 g/mol. The SMILES string of the molecule is CCOCCOc1c(C(=O)N2CCC[C@@H]2COC)sc2c1c(=O)n(C)c1ccccc21. The lowest BCUT2D eigenvalue weighted by atomic mass is 10.1. The minimum Gasteiger partial charge on any atom is -0.489 e. The number of methoxy groups -OCH3 is 1. The number of benzene rings is 1. The summed E-state index contributed by atoms with van der Waals surface area (Å²) in [6.07, 6.45) is 1.85. The van der Waals surface area contributed by atoms with E-state index in [0.717, 1.165) is 28.4 Å². The molecule has 1 amide bonds. The van der Waals surface area contributed by atoms with Crippen molar-refractivity contribution < 1.29 is 19.0 Å². The van der Waals surface area contributed by atoms with E-state index in [2.05, 4.69) is 0 Å². The van der Waals surface area contributed by atoms with Crippen LogP contribution in [0.4, 0.5) is 0 Å². The molecule has 3 aromatic rings. The highest BCUT2D eigenvalue weighted by Crippen LogP contribution is 2.41. The van der Waals surface area contributed by atoms with Crippen LogP contribution in [0.15, 0.2) is 29.1 Å². The molecule has 1 fully saturated rings. The van der Waals surface area contributed by atoms with E-state index in [1.807, 2.05) is 36.1 Å². The van der Waals surface area contributed by atoms with Crippen LogP contribution in [0, 0.1) is 0 Å². The lowest BCUT2D eigenvalue weighted by Crippen LogP contribution is -2.37. The molecule has 166 valence electrons. The maximum Gasteiger partial charge on any atom is 0.268 e. The molecule has 0 unspecified atom stereocenters. The van der Waals surface area contributed by atoms with Crippen LogP contribution in [0.5, 0.6) is 5.75 Å². The first-order chi connectivity index (χ1) is 15.1. The number of likely N-dealkylation sites (tertiary alicyclic amines) is 1. The van der Waals surface area contributed by atoms with Crippen LogP contribution >= 0.6 is 11.3 Å². The molecule has 2 aromatic heterocycles. The minimum atomic E-state index is -0.162. The van der Waals surface area contributed by atoms with Gasteiger partial charge in [-0.3, -0.25) is 9.59 Å². The van der Waals surface area contributed by atoms with Crippen molar-refractivity contribution in [1.29, 1.82) is 0 Å². The number of ether oxygens (including phenoxy) is 3. The number of nitrogens with zero attached hydrogens (tertiary/aromatic N) is 2. The second-order valence-electron chi connectivity index (χ2n) is 7.64. The summed E-state index contributed by atoms with van der Waals surface area (Å²) >= 11 is 1.34.